The fourth-order valence-electron chi connectivity index (χ4n) is 4.35. The molecule has 35 heavy (non-hydrogen) atoms. The van der Waals surface area contributed by atoms with Gasteiger partial charge in [0.15, 0.2) is 6.61 Å². The van der Waals surface area contributed by atoms with Gasteiger partial charge < -0.3 is 10.1 Å². The molecule has 2 aromatic carbocycles. The molecule has 1 aliphatic rings. The minimum absolute atomic E-state index is 0.0113. The summed E-state index contributed by atoms with van der Waals surface area (Å²) >= 11 is 0. The van der Waals surface area contributed by atoms with Crippen LogP contribution in [0.2, 0.25) is 0 Å². The number of benzene rings is 2. The standard InChI is InChI=1S/C28H34N2O5/c1-16(2)14-23(30-26(32)21-10-7-8-11-22(21)27(30)33)28(34)35-15-24(31)29-25-19(17(3)4)12-9-13-20(25)18(5)6/h7-13,16-18,23H,14-15H2,1-6H3,(H,29,31). The summed E-state index contributed by atoms with van der Waals surface area (Å²) in [5, 5.41) is 2.91. The third kappa shape index (κ3) is 5.61. The first-order valence-electron chi connectivity index (χ1n) is 12.1. The Morgan fingerprint density at radius 2 is 1.34 bits per heavy atom. The van der Waals surface area contributed by atoms with E-state index in [2.05, 4.69) is 5.32 Å². The average Bonchev–Trinajstić information content (AvgIpc) is 3.05. The van der Waals surface area contributed by atoms with E-state index in [1.165, 1.54) is 0 Å². The summed E-state index contributed by atoms with van der Waals surface area (Å²) < 4.78 is 5.35. The Bertz CT molecular complexity index is 1070. The number of ether oxygens (including phenoxy) is 1. The molecule has 0 fully saturated rings. The Kier molecular flexibility index (Phi) is 8.10. The van der Waals surface area contributed by atoms with Crippen molar-refractivity contribution in [3.8, 4) is 0 Å². The summed E-state index contributed by atoms with van der Waals surface area (Å²) in [6, 6.07) is 11.3. The van der Waals surface area contributed by atoms with Gasteiger partial charge in [0, 0.05) is 5.69 Å². The third-order valence-corrected chi connectivity index (χ3v) is 6.09. The van der Waals surface area contributed by atoms with Crippen LogP contribution in [-0.4, -0.2) is 41.2 Å². The monoisotopic (exact) mass is 478 g/mol. The smallest absolute Gasteiger partial charge is 0.329 e. The second-order valence-corrected chi connectivity index (χ2v) is 9.95. The highest BCUT2D eigenvalue weighted by Gasteiger charge is 2.43. The van der Waals surface area contributed by atoms with Crippen molar-refractivity contribution < 1.29 is 23.9 Å². The molecule has 7 nitrogen and oxygen atoms in total. The fraction of sp³-hybridized carbons (Fsp3) is 0.429. The molecular weight excluding hydrogens is 444 g/mol. The van der Waals surface area contributed by atoms with Crippen LogP contribution >= 0.6 is 0 Å². The van der Waals surface area contributed by atoms with E-state index in [4.69, 9.17) is 4.74 Å². The molecule has 1 aliphatic heterocycles. The first-order chi connectivity index (χ1) is 16.5. The average molecular weight is 479 g/mol. The summed E-state index contributed by atoms with van der Waals surface area (Å²) in [6.45, 7) is 11.5. The SMILES string of the molecule is CC(C)CC(C(=O)OCC(=O)Nc1c(C(C)C)cccc1C(C)C)N1C(=O)c2ccccc2C1=O. The van der Waals surface area contributed by atoms with Gasteiger partial charge >= 0.3 is 5.97 Å². The largest absolute Gasteiger partial charge is 0.454 e. The number of esters is 1. The van der Waals surface area contributed by atoms with E-state index in [9.17, 15) is 19.2 Å². The van der Waals surface area contributed by atoms with Crippen molar-refractivity contribution in [3.63, 3.8) is 0 Å². The van der Waals surface area contributed by atoms with E-state index in [1.54, 1.807) is 24.3 Å². The van der Waals surface area contributed by atoms with Crippen LogP contribution in [-0.2, 0) is 14.3 Å². The fourth-order valence-corrected chi connectivity index (χ4v) is 4.35. The van der Waals surface area contributed by atoms with E-state index in [-0.39, 0.29) is 35.3 Å². The zero-order valence-electron chi connectivity index (χ0n) is 21.3. The summed E-state index contributed by atoms with van der Waals surface area (Å²) in [6.07, 6.45) is 0.236. The van der Waals surface area contributed by atoms with Gasteiger partial charge in [-0.1, -0.05) is 71.9 Å². The van der Waals surface area contributed by atoms with Crippen LogP contribution in [0.4, 0.5) is 5.69 Å². The van der Waals surface area contributed by atoms with Gasteiger partial charge in [-0.2, -0.15) is 0 Å². The number of para-hydroxylation sites is 1. The highest BCUT2D eigenvalue weighted by molar-refractivity contribution is 6.22. The van der Waals surface area contributed by atoms with Crippen LogP contribution < -0.4 is 5.32 Å². The summed E-state index contributed by atoms with van der Waals surface area (Å²) in [4.78, 5) is 52.7. The van der Waals surface area contributed by atoms with Crippen LogP contribution in [0.1, 0.15) is 91.6 Å². The van der Waals surface area contributed by atoms with E-state index in [0.29, 0.717) is 0 Å². The van der Waals surface area contributed by atoms with Crippen molar-refractivity contribution in [1.29, 1.82) is 0 Å². The van der Waals surface area contributed by atoms with Crippen molar-refractivity contribution in [1.82, 2.24) is 4.90 Å². The molecule has 3 rings (SSSR count). The first-order valence-corrected chi connectivity index (χ1v) is 12.1. The molecule has 0 bridgehead atoms. The molecule has 3 amide bonds. The van der Waals surface area contributed by atoms with E-state index in [1.807, 2.05) is 59.7 Å². The van der Waals surface area contributed by atoms with E-state index >= 15 is 0 Å². The number of imide groups is 1. The number of nitrogens with zero attached hydrogens (tertiary/aromatic N) is 1. The zero-order chi connectivity index (χ0) is 25.9. The van der Waals surface area contributed by atoms with Gasteiger partial charge in [0.2, 0.25) is 0 Å². The normalized spacial score (nSPS) is 14.0. The maximum Gasteiger partial charge on any atom is 0.329 e. The van der Waals surface area contributed by atoms with Crippen LogP contribution in [0.5, 0.6) is 0 Å². The topological polar surface area (TPSA) is 92.8 Å². The minimum Gasteiger partial charge on any atom is -0.454 e. The zero-order valence-corrected chi connectivity index (χ0v) is 21.3. The lowest BCUT2D eigenvalue weighted by Gasteiger charge is -2.26. The second kappa shape index (κ2) is 10.8. The van der Waals surface area contributed by atoms with Crippen LogP contribution in [0, 0.1) is 5.92 Å². The van der Waals surface area contributed by atoms with Gasteiger partial charge in [-0.3, -0.25) is 19.3 Å². The quantitative estimate of drug-likeness (QED) is 0.399. The number of carbonyl (C=O) groups excluding carboxylic acids is 4. The summed E-state index contributed by atoms with van der Waals surface area (Å²) in [5.74, 6) is -1.90. The van der Waals surface area contributed by atoms with Crippen LogP contribution in [0.15, 0.2) is 42.5 Å². The maximum atomic E-state index is 13.1. The predicted molar refractivity (Wildman–Crippen MR) is 134 cm³/mol. The maximum absolute atomic E-state index is 13.1. The van der Waals surface area contributed by atoms with Crippen molar-refractivity contribution in [2.24, 2.45) is 5.92 Å². The van der Waals surface area contributed by atoms with E-state index < -0.39 is 36.3 Å². The predicted octanol–water partition coefficient (Wildman–Crippen LogP) is 5.13. The number of hydrogen-bond donors (Lipinski definition) is 1. The summed E-state index contributed by atoms with van der Waals surface area (Å²) in [7, 11) is 0. The number of anilines is 1. The number of nitrogens with one attached hydrogen (secondary N) is 1. The lowest BCUT2D eigenvalue weighted by Crippen LogP contribution is -2.46. The first kappa shape index (κ1) is 26.1. The van der Waals surface area contributed by atoms with Gasteiger partial charge in [-0.25, -0.2) is 4.79 Å². The molecule has 1 heterocycles. The van der Waals surface area contributed by atoms with Crippen LogP contribution in [0.25, 0.3) is 0 Å². The highest BCUT2D eigenvalue weighted by Crippen LogP contribution is 2.32. The van der Waals surface area contributed by atoms with Crippen molar-refractivity contribution in [3.05, 3.63) is 64.7 Å². The molecule has 186 valence electrons. The molecule has 1 atom stereocenters. The minimum atomic E-state index is -1.11. The Labute approximate surface area is 206 Å². The molecule has 0 saturated carbocycles. The van der Waals surface area contributed by atoms with Gasteiger partial charge in [0.25, 0.3) is 17.7 Å². The van der Waals surface area contributed by atoms with Gasteiger partial charge in [-0.15, -0.1) is 0 Å². The molecule has 7 heteroatoms. The Balaban J connectivity index is 1.76. The number of carbonyl (C=O) groups is 4. The molecule has 0 aromatic heterocycles. The number of amides is 3. The molecule has 0 radical (unpaired) electrons. The molecule has 0 aliphatic carbocycles. The van der Waals surface area contributed by atoms with Gasteiger partial charge in [0.1, 0.15) is 6.04 Å². The molecular formula is C28H34N2O5. The van der Waals surface area contributed by atoms with Crippen molar-refractivity contribution in [2.75, 3.05) is 11.9 Å². The van der Waals surface area contributed by atoms with Gasteiger partial charge in [0.05, 0.1) is 11.1 Å². The molecule has 2 aromatic rings. The second-order valence-electron chi connectivity index (χ2n) is 9.95. The Morgan fingerprint density at radius 1 is 0.829 bits per heavy atom. The van der Waals surface area contributed by atoms with Crippen LogP contribution in [0.3, 0.4) is 0 Å². The highest BCUT2D eigenvalue weighted by atomic mass is 16.5. The van der Waals surface area contributed by atoms with Crippen molar-refractivity contribution in [2.45, 2.75) is 65.8 Å². The third-order valence-electron chi connectivity index (χ3n) is 6.09. The lowest BCUT2D eigenvalue weighted by atomic mass is 9.92. The number of rotatable bonds is 9. The summed E-state index contributed by atoms with van der Waals surface area (Å²) in [5.41, 5.74) is 3.27. The van der Waals surface area contributed by atoms with Gasteiger partial charge in [-0.05, 0) is 47.4 Å². The number of hydrogen-bond acceptors (Lipinski definition) is 5. The molecule has 1 unspecified atom stereocenters. The lowest BCUT2D eigenvalue weighted by molar-refractivity contribution is -0.151. The molecule has 0 spiro atoms. The Morgan fingerprint density at radius 3 is 1.80 bits per heavy atom. The Hall–Kier alpha value is -3.48. The van der Waals surface area contributed by atoms with Crippen molar-refractivity contribution >= 4 is 29.4 Å². The molecule has 0 saturated heterocycles. The van der Waals surface area contributed by atoms with E-state index in [0.717, 1.165) is 21.7 Å². The molecule has 1 N–H and O–H groups in total. The number of fused-ring (bicyclic) bond motifs is 1.